The summed E-state index contributed by atoms with van der Waals surface area (Å²) in [6.45, 7) is 4.82. The summed E-state index contributed by atoms with van der Waals surface area (Å²) in [5.41, 5.74) is 0.977. The zero-order valence-electron chi connectivity index (χ0n) is 11.9. The monoisotopic (exact) mass is 315 g/mol. The number of amides is 1. The molecule has 1 saturated heterocycles. The van der Waals surface area contributed by atoms with Crippen LogP contribution >= 0.6 is 22.9 Å². The Labute approximate surface area is 129 Å². The third kappa shape index (κ3) is 4.17. The largest absolute Gasteiger partial charge is 0.353 e. The van der Waals surface area contributed by atoms with E-state index in [1.807, 2.05) is 5.38 Å². The van der Waals surface area contributed by atoms with Gasteiger partial charge < -0.3 is 5.32 Å². The van der Waals surface area contributed by atoms with Gasteiger partial charge in [-0.1, -0.05) is 6.92 Å². The lowest BCUT2D eigenvalue weighted by atomic mass is 10.1. The van der Waals surface area contributed by atoms with Gasteiger partial charge in [0.2, 0.25) is 5.91 Å². The molecular formula is C14H22ClN3OS. The Morgan fingerprint density at radius 1 is 1.55 bits per heavy atom. The molecule has 0 aromatic carbocycles. The fourth-order valence-corrected chi connectivity index (χ4v) is 3.66. The maximum atomic E-state index is 11.8. The molecule has 1 amide bonds. The smallest absolute Gasteiger partial charge is 0.237 e. The van der Waals surface area contributed by atoms with E-state index in [1.54, 1.807) is 11.3 Å². The number of piperazine rings is 1. The van der Waals surface area contributed by atoms with Crippen LogP contribution in [0, 0.1) is 0 Å². The van der Waals surface area contributed by atoms with Gasteiger partial charge in [-0.3, -0.25) is 9.69 Å². The minimum absolute atomic E-state index is 0.0615. The molecular weight excluding hydrogens is 294 g/mol. The maximum Gasteiger partial charge on any atom is 0.237 e. The quantitative estimate of drug-likeness (QED) is 0.621. The molecule has 0 bridgehead atoms. The van der Waals surface area contributed by atoms with Gasteiger partial charge in [0.1, 0.15) is 0 Å². The van der Waals surface area contributed by atoms with Gasteiger partial charge in [0.25, 0.3) is 0 Å². The van der Waals surface area contributed by atoms with Crippen molar-refractivity contribution in [3.8, 4) is 0 Å². The molecule has 1 aliphatic heterocycles. The molecule has 1 aromatic rings. The number of hydrogen-bond donors (Lipinski definition) is 1. The molecule has 1 N–H and O–H groups in total. The third-order valence-electron chi connectivity index (χ3n) is 3.65. The van der Waals surface area contributed by atoms with E-state index in [0.717, 1.165) is 51.0 Å². The predicted octanol–water partition coefficient (Wildman–Crippen LogP) is 2.42. The fourth-order valence-electron chi connectivity index (χ4n) is 2.59. The molecule has 2 heterocycles. The number of aryl methyl sites for hydroxylation is 1. The Hall–Kier alpha value is -0.650. The summed E-state index contributed by atoms with van der Waals surface area (Å²) in [5.74, 6) is 0.683. The number of nitrogens with zero attached hydrogens (tertiary/aromatic N) is 2. The summed E-state index contributed by atoms with van der Waals surface area (Å²) >= 11 is 7.44. The first-order valence-corrected chi connectivity index (χ1v) is 8.67. The number of unbranched alkanes of at least 4 members (excludes halogenated alkanes) is 1. The molecule has 0 radical (unpaired) electrons. The molecule has 0 spiro atoms. The molecule has 1 fully saturated rings. The average molecular weight is 316 g/mol. The first-order valence-electron chi connectivity index (χ1n) is 7.25. The number of carbonyl (C=O) groups excluding carboxylic acids is 1. The Bertz CT molecular complexity index is 438. The van der Waals surface area contributed by atoms with E-state index < -0.39 is 0 Å². The molecule has 2 rings (SSSR count). The number of thiazole rings is 1. The van der Waals surface area contributed by atoms with Crippen LogP contribution in [0.1, 0.15) is 36.9 Å². The first-order chi connectivity index (χ1) is 9.74. The van der Waals surface area contributed by atoms with Crippen molar-refractivity contribution in [1.82, 2.24) is 15.2 Å². The topological polar surface area (TPSA) is 45.2 Å². The Morgan fingerprint density at radius 2 is 2.40 bits per heavy atom. The second-order valence-corrected chi connectivity index (χ2v) is 6.28. The zero-order chi connectivity index (χ0) is 14.4. The van der Waals surface area contributed by atoms with Crippen molar-refractivity contribution in [1.29, 1.82) is 0 Å². The zero-order valence-corrected chi connectivity index (χ0v) is 13.5. The highest BCUT2D eigenvalue weighted by atomic mass is 35.5. The lowest BCUT2D eigenvalue weighted by Gasteiger charge is -2.34. The lowest BCUT2D eigenvalue weighted by Crippen LogP contribution is -2.55. The van der Waals surface area contributed by atoms with Crippen LogP contribution < -0.4 is 5.32 Å². The summed E-state index contributed by atoms with van der Waals surface area (Å²) in [6.07, 6.45) is 4.12. The van der Waals surface area contributed by atoms with Crippen LogP contribution in [0.5, 0.6) is 0 Å². The van der Waals surface area contributed by atoms with Crippen molar-refractivity contribution >= 4 is 28.8 Å². The number of aromatic nitrogens is 1. The van der Waals surface area contributed by atoms with Crippen LogP contribution in [0.25, 0.3) is 0 Å². The number of halogens is 1. The van der Waals surface area contributed by atoms with Crippen molar-refractivity contribution < 1.29 is 4.79 Å². The highest BCUT2D eigenvalue weighted by Crippen LogP contribution is 2.15. The normalized spacial score (nSPS) is 20.1. The number of alkyl halides is 1. The first kappa shape index (κ1) is 15.7. The van der Waals surface area contributed by atoms with E-state index in [4.69, 9.17) is 11.6 Å². The Balaban J connectivity index is 1.70. The van der Waals surface area contributed by atoms with Crippen molar-refractivity contribution in [2.75, 3.05) is 19.6 Å². The molecule has 4 nitrogen and oxygen atoms in total. The molecule has 20 heavy (non-hydrogen) atoms. The summed E-state index contributed by atoms with van der Waals surface area (Å²) in [6, 6.07) is 0.0615. The predicted molar refractivity (Wildman–Crippen MR) is 83.3 cm³/mol. The number of nitrogens with one attached hydrogen (secondary N) is 1. The molecule has 112 valence electrons. The van der Waals surface area contributed by atoms with E-state index in [0.29, 0.717) is 5.88 Å². The van der Waals surface area contributed by atoms with Crippen molar-refractivity contribution in [2.45, 2.75) is 44.5 Å². The molecule has 1 atom stereocenters. The number of rotatable bonds is 7. The van der Waals surface area contributed by atoms with Gasteiger partial charge in [-0.25, -0.2) is 4.98 Å². The van der Waals surface area contributed by atoms with Crippen LogP contribution in [0.2, 0.25) is 0 Å². The fraction of sp³-hybridized carbons (Fsp3) is 0.714. The van der Waals surface area contributed by atoms with Gasteiger partial charge in [0.05, 0.1) is 22.6 Å². The average Bonchev–Trinajstić information content (AvgIpc) is 2.92. The molecule has 0 aliphatic carbocycles. The number of hydrogen-bond acceptors (Lipinski definition) is 4. The minimum atomic E-state index is 0.0615. The molecule has 1 unspecified atom stereocenters. The van der Waals surface area contributed by atoms with Gasteiger partial charge in [0, 0.05) is 18.5 Å². The lowest BCUT2D eigenvalue weighted by molar-refractivity contribution is -0.129. The second-order valence-electron chi connectivity index (χ2n) is 5.07. The van der Waals surface area contributed by atoms with Crippen molar-refractivity contribution in [3.05, 3.63) is 16.1 Å². The van der Waals surface area contributed by atoms with Gasteiger partial charge >= 0.3 is 0 Å². The van der Waals surface area contributed by atoms with Crippen molar-refractivity contribution in [2.24, 2.45) is 0 Å². The highest BCUT2D eigenvalue weighted by Gasteiger charge is 2.27. The van der Waals surface area contributed by atoms with Crippen LogP contribution in [0.15, 0.2) is 5.38 Å². The summed E-state index contributed by atoms with van der Waals surface area (Å²) in [4.78, 5) is 18.5. The molecule has 1 aliphatic rings. The molecule has 0 saturated carbocycles. The maximum absolute atomic E-state index is 11.8. The Morgan fingerprint density at radius 3 is 3.10 bits per heavy atom. The van der Waals surface area contributed by atoms with E-state index in [2.05, 4.69) is 22.1 Å². The summed E-state index contributed by atoms with van der Waals surface area (Å²) < 4.78 is 0. The van der Waals surface area contributed by atoms with E-state index in [-0.39, 0.29) is 11.9 Å². The SMILES string of the molecule is CCC1C(=O)NCCN1CCCCc1nc(CCl)cs1. The van der Waals surface area contributed by atoms with Crippen LogP contribution in [0.3, 0.4) is 0 Å². The van der Waals surface area contributed by atoms with Crippen LogP contribution in [-0.2, 0) is 17.1 Å². The number of carbonyl (C=O) groups is 1. The van der Waals surface area contributed by atoms with E-state index in [1.165, 1.54) is 5.01 Å². The second kappa shape index (κ2) is 7.96. The molecule has 6 heteroatoms. The standard InChI is InChI=1S/C14H22ClN3OS/c1-2-12-14(19)16-6-8-18(12)7-4-3-5-13-17-11(9-15)10-20-13/h10,12H,2-9H2,1H3,(H,16,19). The van der Waals surface area contributed by atoms with Gasteiger partial charge in [-0.05, 0) is 32.2 Å². The van der Waals surface area contributed by atoms with Crippen molar-refractivity contribution in [3.63, 3.8) is 0 Å². The third-order valence-corrected chi connectivity index (χ3v) is 4.88. The van der Waals surface area contributed by atoms with Crippen LogP contribution in [0.4, 0.5) is 0 Å². The Kier molecular flexibility index (Phi) is 6.26. The van der Waals surface area contributed by atoms with Gasteiger partial charge in [-0.2, -0.15) is 0 Å². The van der Waals surface area contributed by atoms with E-state index >= 15 is 0 Å². The van der Waals surface area contributed by atoms with Gasteiger partial charge in [-0.15, -0.1) is 22.9 Å². The molecule has 1 aromatic heterocycles. The van der Waals surface area contributed by atoms with E-state index in [9.17, 15) is 4.79 Å². The summed E-state index contributed by atoms with van der Waals surface area (Å²) in [5, 5.41) is 6.14. The summed E-state index contributed by atoms with van der Waals surface area (Å²) in [7, 11) is 0. The minimum Gasteiger partial charge on any atom is -0.353 e. The van der Waals surface area contributed by atoms with Gasteiger partial charge in [0.15, 0.2) is 0 Å². The highest BCUT2D eigenvalue weighted by molar-refractivity contribution is 7.09. The van der Waals surface area contributed by atoms with Crippen LogP contribution in [-0.4, -0.2) is 41.5 Å².